The van der Waals surface area contributed by atoms with Crippen LogP contribution in [0.5, 0.6) is 0 Å². The van der Waals surface area contributed by atoms with E-state index in [0.717, 1.165) is 5.65 Å². The molecular weight excluding hydrogens is 170 g/mol. The van der Waals surface area contributed by atoms with Gasteiger partial charge in [-0.1, -0.05) is 5.16 Å². The zero-order valence-corrected chi connectivity index (χ0v) is 6.62. The Morgan fingerprint density at radius 1 is 1.54 bits per heavy atom. The minimum atomic E-state index is 0.0654. The van der Waals surface area contributed by atoms with Crippen LogP contribution in [0.25, 0.3) is 5.65 Å². The van der Waals surface area contributed by atoms with Crippen molar-refractivity contribution in [3.63, 3.8) is 0 Å². The first-order valence-electron chi connectivity index (χ1n) is 3.58. The van der Waals surface area contributed by atoms with Crippen molar-refractivity contribution in [3.8, 4) is 0 Å². The summed E-state index contributed by atoms with van der Waals surface area (Å²) in [7, 11) is 0. The normalized spacial score (nSPS) is 12.2. The molecule has 0 aromatic carbocycles. The first-order chi connectivity index (χ1) is 6.31. The molecule has 0 aliphatic rings. The Bertz CT molecular complexity index is 461. The highest BCUT2D eigenvalue weighted by molar-refractivity contribution is 5.96. The fourth-order valence-electron chi connectivity index (χ4n) is 1.04. The van der Waals surface area contributed by atoms with Gasteiger partial charge in [-0.15, -0.1) is 10.2 Å². The first-order valence-corrected chi connectivity index (χ1v) is 3.58. The van der Waals surface area contributed by atoms with Gasteiger partial charge in [-0.2, -0.15) is 0 Å². The van der Waals surface area contributed by atoms with Gasteiger partial charge in [0.15, 0.2) is 11.5 Å². The van der Waals surface area contributed by atoms with E-state index in [1.165, 1.54) is 0 Å². The van der Waals surface area contributed by atoms with Crippen LogP contribution in [0.15, 0.2) is 29.8 Å². The van der Waals surface area contributed by atoms with E-state index in [1.807, 2.05) is 0 Å². The molecule has 0 aliphatic carbocycles. The molecule has 6 heteroatoms. The fraction of sp³-hybridized carbons (Fsp3) is 0. The van der Waals surface area contributed by atoms with Crippen molar-refractivity contribution in [3.05, 3.63) is 30.2 Å². The van der Waals surface area contributed by atoms with Gasteiger partial charge in [0, 0.05) is 11.8 Å². The van der Waals surface area contributed by atoms with Crippen molar-refractivity contribution in [2.75, 3.05) is 0 Å². The molecule has 0 saturated carbocycles. The van der Waals surface area contributed by atoms with Gasteiger partial charge in [-0.25, -0.2) is 0 Å². The Kier molecular flexibility index (Phi) is 1.59. The Morgan fingerprint density at radius 3 is 3.15 bits per heavy atom. The molecule has 3 N–H and O–H groups in total. The summed E-state index contributed by atoms with van der Waals surface area (Å²) in [5.74, 6) is 0.0654. The molecule has 0 spiro atoms. The number of amidine groups is 1. The lowest BCUT2D eigenvalue weighted by molar-refractivity contribution is 0.318. The molecular formula is C7H7N5O. The van der Waals surface area contributed by atoms with Crippen molar-refractivity contribution in [1.82, 2.24) is 14.6 Å². The number of rotatable bonds is 1. The Balaban J connectivity index is 2.60. The minimum absolute atomic E-state index is 0.0654. The van der Waals surface area contributed by atoms with Crippen LogP contribution in [0, 0.1) is 0 Å². The van der Waals surface area contributed by atoms with E-state index >= 15 is 0 Å². The lowest BCUT2D eigenvalue weighted by atomic mass is 10.2. The number of nitrogens with zero attached hydrogens (tertiary/aromatic N) is 4. The van der Waals surface area contributed by atoms with Crippen LogP contribution in [0.2, 0.25) is 0 Å². The van der Waals surface area contributed by atoms with E-state index in [4.69, 9.17) is 10.9 Å². The number of fused-ring (bicyclic) bond motifs is 1. The maximum Gasteiger partial charge on any atom is 0.171 e. The van der Waals surface area contributed by atoms with Crippen molar-refractivity contribution in [2.45, 2.75) is 0 Å². The molecule has 6 nitrogen and oxygen atoms in total. The zero-order chi connectivity index (χ0) is 9.26. The Hall–Kier alpha value is -2.11. The standard InChI is InChI=1S/C7H7N5O/c8-7(11-13)5-1-2-6-10-9-4-12(6)3-5/h1-4,13H,(H2,8,11). The number of hydrogen-bond donors (Lipinski definition) is 2. The number of pyridine rings is 1. The van der Waals surface area contributed by atoms with Crippen LogP contribution in [0.3, 0.4) is 0 Å². The predicted molar refractivity (Wildman–Crippen MR) is 45.5 cm³/mol. The Morgan fingerprint density at radius 2 is 2.38 bits per heavy atom. The highest BCUT2D eigenvalue weighted by Gasteiger charge is 2.00. The average Bonchev–Trinajstić information content (AvgIpc) is 2.63. The lowest BCUT2D eigenvalue weighted by Gasteiger charge is -1.98. The monoisotopic (exact) mass is 177 g/mol. The largest absolute Gasteiger partial charge is 0.409 e. The van der Waals surface area contributed by atoms with Crippen molar-refractivity contribution in [1.29, 1.82) is 0 Å². The van der Waals surface area contributed by atoms with Gasteiger partial charge < -0.3 is 10.9 Å². The third kappa shape index (κ3) is 1.18. The minimum Gasteiger partial charge on any atom is -0.409 e. The van der Waals surface area contributed by atoms with Crippen LogP contribution < -0.4 is 5.73 Å². The summed E-state index contributed by atoms with van der Waals surface area (Å²) < 4.78 is 1.69. The third-order valence-electron chi connectivity index (χ3n) is 1.69. The van der Waals surface area contributed by atoms with Gasteiger partial charge in [-0.3, -0.25) is 4.40 Å². The maximum atomic E-state index is 8.43. The molecule has 0 bridgehead atoms. The Labute approximate surface area is 73.3 Å². The molecule has 0 aliphatic heterocycles. The molecule has 66 valence electrons. The van der Waals surface area contributed by atoms with Crippen LogP contribution in [0.1, 0.15) is 5.56 Å². The summed E-state index contributed by atoms with van der Waals surface area (Å²) in [6.07, 6.45) is 3.23. The number of hydrogen-bond acceptors (Lipinski definition) is 4. The van der Waals surface area contributed by atoms with Crippen LogP contribution in [-0.4, -0.2) is 25.6 Å². The highest BCUT2D eigenvalue weighted by atomic mass is 16.4. The molecule has 2 aromatic rings. The second kappa shape index (κ2) is 2.74. The van der Waals surface area contributed by atoms with Crippen molar-refractivity contribution in [2.24, 2.45) is 10.9 Å². The summed E-state index contributed by atoms with van der Waals surface area (Å²) in [6.45, 7) is 0. The fourth-order valence-corrected chi connectivity index (χ4v) is 1.04. The molecule has 0 unspecified atom stereocenters. The van der Waals surface area contributed by atoms with Crippen molar-refractivity contribution < 1.29 is 5.21 Å². The first kappa shape index (κ1) is 7.53. The van der Waals surface area contributed by atoms with E-state index in [-0.39, 0.29) is 5.84 Å². The molecule has 0 radical (unpaired) electrons. The third-order valence-corrected chi connectivity index (χ3v) is 1.69. The summed E-state index contributed by atoms with van der Waals surface area (Å²) in [5.41, 5.74) is 6.74. The van der Waals surface area contributed by atoms with Crippen LogP contribution in [-0.2, 0) is 0 Å². The number of aromatic nitrogens is 3. The quantitative estimate of drug-likeness (QED) is 0.274. The van der Waals surface area contributed by atoms with Crippen molar-refractivity contribution >= 4 is 11.5 Å². The van der Waals surface area contributed by atoms with E-state index in [0.29, 0.717) is 5.56 Å². The highest BCUT2D eigenvalue weighted by Crippen LogP contribution is 2.02. The molecule has 13 heavy (non-hydrogen) atoms. The molecule has 2 aromatic heterocycles. The van der Waals surface area contributed by atoms with Gasteiger partial charge in [-0.05, 0) is 12.1 Å². The van der Waals surface area contributed by atoms with Crippen LogP contribution in [0.4, 0.5) is 0 Å². The maximum absolute atomic E-state index is 8.43. The van der Waals surface area contributed by atoms with E-state index < -0.39 is 0 Å². The van der Waals surface area contributed by atoms with Gasteiger partial charge in [0.25, 0.3) is 0 Å². The molecule has 0 saturated heterocycles. The van der Waals surface area contributed by atoms with E-state index in [2.05, 4.69) is 15.4 Å². The number of oxime groups is 1. The molecule has 0 fully saturated rings. The topological polar surface area (TPSA) is 88.8 Å². The molecule has 0 amide bonds. The second-order valence-corrected chi connectivity index (χ2v) is 2.50. The van der Waals surface area contributed by atoms with Gasteiger partial charge in [0.05, 0.1) is 0 Å². The van der Waals surface area contributed by atoms with E-state index in [9.17, 15) is 0 Å². The summed E-state index contributed by atoms with van der Waals surface area (Å²) >= 11 is 0. The smallest absolute Gasteiger partial charge is 0.171 e. The zero-order valence-electron chi connectivity index (χ0n) is 6.62. The summed E-state index contributed by atoms with van der Waals surface area (Å²) in [5, 5.41) is 18.8. The molecule has 2 rings (SSSR count). The number of nitrogens with two attached hydrogens (primary N) is 1. The summed E-state index contributed by atoms with van der Waals surface area (Å²) in [6, 6.07) is 3.44. The lowest BCUT2D eigenvalue weighted by Crippen LogP contribution is -2.13. The van der Waals surface area contributed by atoms with Gasteiger partial charge in [0.2, 0.25) is 0 Å². The second-order valence-electron chi connectivity index (χ2n) is 2.50. The predicted octanol–water partition coefficient (Wildman–Crippen LogP) is -0.176. The van der Waals surface area contributed by atoms with Gasteiger partial charge in [0.1, 0.15) is 6.33 Å². The molecule has 2 heterocycles. The van der Waals surface area contributed by atoms with Gasteiger partial charge >= 0.3 is 0 Å². The summed E-state index contributed by atoms with van der Waals surface area (Å²) in [4.78, 5) is 0. The van der Waals surface area contributed by atoms with E-state index in [1.54, 1.807) is 29.1 Å². The SMILES string of the molecule is N/C(=N/O)c1ccc2nncn2c1. The van der Waals surface area contributed by atoms with Crippen LogP contribution >= 0.6 is 0 Å². The molecule has 0 atom stereocenters. The average molecular weight is 177 g/mol.